The minimum absolute atomic E-state index is 0.154. The summed E-state index contributed by atoms with van der Waals surface area (Å²) in [6.07, 6.45) is -0.154. The summed E-state index contributed by atoms with van der Waals surface area (Å²) in [5.74, 6) is -0.875. The van der Waals surface area contributed by atoms with Gasteiger partial charge in [0.1, 0.15) is 6.04 Å². The first-order valence-electron chi connectivity index (χ1n) is 7.19. The molecule has 4 N–H and O–H groups in total. The van der Waals surface area contributed by atoms with Crippen molar-refractivity contribution in [1.82, 2.24) is 10.0 Å². The van der Waals surface area contributed by atoms with Crippen molar-refractivity contribution in [1.29, 1.82) is 0 Å². The van der Waals surface area contributed by atoms with Crippen LogP contribution in [0.25, 0.3) is 0 Å². The lowest BCUT2D eigenvalue weighted by Crippen LogP contribution is -2.47. The first-order chi connectivity index (χ1) is 11.7. The molecule has 0 saturated carbocycles. The van der Waals surface area contributed by atoms with Gasteiger partial charge in [0, 0.05) is 17.1 Å². The van der Waals surface area contributed by atoms with E-state index >= 15 is 0 Å². The quantitative estimate of drug-likeness (QED) is 0.416. The van der Waals surface area contributed by atoms with Gasteiger partial charge in [0.25, 0.3) is 0 Å². The van der Waals surface area contributed by atoms with E-state index < -0.39 is 40.8 Å². The number of carbonyl (C=O) groups is 1. The number of hydrogen-bond donors (Lipinski definition) is 4. The highest BCUT2D eigenvalue weighted by Crippen LogP contribution is 2.60. The summed E-state index contributed by atoms with van der Waals surface area (Å²) >= 11 is 2.83. The molecule has 0 aliphatic heterocycles. The molecule has 1 aromatic carbocycles. The number of carbonyl (C=O) groups excluding carboxylic acids is 1. The lowest BCUT2D eigenvalue weighted by atomic mass is 10.0. The molecule has 1 rings (SSSR count). The molecule has 0 radical (unpaired) electrons. The van der Waals surface area contributed by atoms with Crippen LogP contribution < -0.4 is 10.0 Å². The molecule has 0 bridgehead atoms. The van der Waals surface area contributed by atoms with Crippen molar-refractivity contribution < 1.29 is 36.3 Å². The third-order valence-electron chi connectivity index (χ3n) is 3.43. The topological polar surface area (TPSA) is 133 Å². The number of rotatable bonds is 8. The van der Waals surface area contributed by atoms with E-state index in [1.165, 1.54) is 14.0 Å². The summed E-state index contributed by atoms with van der Waals surface area (Å²) in [6.45, 7) is 1.39. The van der Waals surface area contributed by atoms with Gasteiger partial charge < -0.3 is 15.1 Å². The maximum absolute atomic E-state index is 13.8. The average Bonchev–Trinajstić information content (AvgIpc) is 2.52. The van der Waals surface area contributed by atoms with Gasteiger partial charge >= 0.3 is 13.3 Å². The van der Waals surface area contributed by atoms with Crippen molar-refractivity contribution >= 4 is 39.5 Å². The van der Waals surface area contributed by atoms with Crippen molar-refractivity contribution in [3.8, 4) is 0 Å². The van der Waals surface area contributed by atoms with E-state index in [9.17, 15) is 26.6 Å². The van der Waals surface area contributed by atoms with Gasteiger partial charge in [-0.3, -0.25) is 9.36 Å². The minimum Gasteiger partial charge on any atom is -0.358 e. The normalized spacial score (nSPS) is 14.1. The zero-order chi connectivity index (χ0) is 20.3. The zero-order valence-corrected chi connectivity index (χ0v) is 17.0. The van der Waals surface area contributed by atoms with Gasteiger partial charge in [0.15, 0.2) is 0 Å². The van der Waals surface area contributed by atoms with E-state index in [4.69, 9.17) is 9.79 Å². The second kappa shape index (κ2) is 8.41. The Bertz CT molecular complexity index is 830. The number of likely N-dealkylation sites (N-methyl/N-ethyl adjacent to an activating group) is 1. The number of halogens is 3. The lowest BCUT2D eigenvalue weighted by molar-refractivity contribution is -0.122. The molecule has 0 heterocycles. The second-order valence-corrected chi connectivity index (χ2v) is 9.84. The van der Waals surface area contributed by atoms with Crippen LogP contribution in [0.5, 0.6) is 0 Å². The molecule has 13 heteroatoms. The Balaban J connectivity index is 3.18. The number of benzene rings is 1. The van der Waals surface area contributed by atoms with Crippen LogP contribution in [-0.4, -0.2) is 43.0 Å². The van der Waals surface area contributed by atoms with Gasteiger partial charge in [-0.15, -0.1) is 0 Å². The maximum atomic E-state index is 13.8. The van der Waals surface area contributed by atoms with E-state index in [1.807, 2.05) is 0 Å². The average molecular weight is 479 g/mol. The highest BCUT2D eigenvalue weighted by Gasteiger charge is 2.51. The van der Waals surface area contributed by atoms with Crippen LogP contribution in [0.15, 0.2) is 22.7 Å². The van der Waals surface area contributed by atoms with Crippen LogP contribution in [0, 0.1) is 0 Å². The summed E-state index contributed by atoms with van der Waals surface area (Å²) in [5, 5.41) is 2.30. The molecule has 1 atom stereocenters. The molecule has 0 aliphatic carbocycles. The second-order valence-electron chi connectivity index (χ2n) is 5.29. The minimum atomic E-state index is -5.73. The molecule has 1 amide bonds. The SMILES string of the molecule is CCS(=O)(=O)NC(Cc1ccc(C(F)(F)P(=O)(O)O)c(Br)c1)C(=O)NC. The molecule has 0 spiro atoms. The molecule has 0 fully saturated rings. The van der Waals surface area contributed by atoms with Crippen molar-refractivity contribution in [3.05, 3.63) is 33.8 Å². The van der Waals surface area contributed by atoms with Gasteiger partial charge in [-0.25, -0.2) is 13.1 Å². The summed E-state index contributed by atoms with van der Waals surface area (Å²) in [6, 6.07) is 1.92. The van der Waals surface area contributed by atoms with Gasteiger partial charge in [-0.05, 0) is 25.0 Å². The highest BCUT2D eigenvalue weighted by molar-refractivity contribution is 9.10. The summed E-state index contributed by atoms with van der Waals surface area (Å²) < 4.78 is 63.9. The summed E-state index contributed by atoms with van der Waals surface area (Å²) in [4.78, 5) is 29.5. The molecule has 26 heavy (non-hydrogen) atoms. The number of sulfonamides is 1. The first-order valence-corrected chi connectivity index (χ1v) is 11.2. The van der Waals surface area contributed by atoms with Gasteiger partial charge in [0.2, 0.25) is 15.9 Å². The Morgan fingerprint density at radius 2 is 1.96 bits per heavy atom. The van der Waals surface area contributed by atoms with Gasteiger partial charge in [0.05, 0.1) is 5.75 Å². The van der Waals surface area contributed by atoms with Crippen LogP contribution in [-0.2, 0) is 31.5 Å². The third kappa shape index (κ3) is 5.54. The predicted octanol–water partition coefficient (Wildman–Crippen LogP) is 1.27. The zero-order valence-electron chi connectivity index (χ0n) is 13.7. The highest BCUT2D eigenvalue weighted by atomic mass is 79.9. The fraction of sp³-hybridized carbons (Fsp3) is 0.462. The predicted molar refractivity (Wildman–Crippen MR) is 94.2 cm³/mol. The standard InChI is InChI=1S/C13H18BrF2N2O6PS/c1-3-26(23,24)18-11(12(19)17-2)7-8-4-5-9(10(14)6-8)13(15,16)25(20,21)22/h4-6,11,18H,3,7H2,1-2H3,(H,17,19)(H2,20,21,22). The molecule has 1 unspecified atom stereocenters. The Morgan fingerprint density at radius 1 is 1.38 bits per heavy atom. The third-order valence-corrected chi connectivity index (χ3v) is 6.46. The van der Waals surface area contributed by atoms with Gasteiger partial charge in [-0.1, -0.05) is 28.1 Å². The van der Waals surface area contributed by atoms with E-state index in [2.05, 4.69) is 26.0 Å². The van der Waals surface area contributed by atoms with Crippen molar-refractivity contribution in [2.24, 2.45) is 0 Å². The van der Waals surface area contributed by atoms with Crippen LogP contribution >= 0.6 is 23.5 Å². The van der Waals surface area contributed by atoms with Gasteiger partial charge in [-0.2, -0.15) is 8.78 Å². The fourth-order valence-corrected chi connectivity index (χ4v) is 4.11. The summed E-state index contributed by atoms with van der Waals surface area (Å²) in [5.41, 5.74) is -5.01. The number of nitrogens with one attached hydrogen (secondary N) is 2. The molecule has 8 nitrogen and oxygen atoms in total. The van der Waals surface area contributed by atoms with E-state index in [0.717, 1.165) is 18.2 Å². The fourth-order valence-electron chi connectivity index (χ4n) is 1.98. The van der Waals surface area contributed by atoms with E-state index in [-0.39, 0.29) is 16.6 Å². The van der Waals surface area contributed by atoms with Crippen LogP contribution in [0.4, 0.5) is 8.78 Å². The molecule has 0 aliphatic rings. The summed E-state index contributed by atoms with van der Waals surface area (Å²) in [7, 11) is -8.12. The molecule has 0 saturated heterocycles. The molecular formula is C13H18BrF2N2O6PS. The Hall–Kier alpha value is -0.910. The van der Waals surface area contributed by atoms with E-state index in [1.54, 1.807) is 0 Å². The number of hydrogen-bond acceptors (Lipinski definition) is 4. The molecule has 1 aromatic rings. The van der Waals surface area contributed by atoms with Crippen LogP contribution in [0.3, 0.4) is 0 Å². The van der Waals surface area contributed by atoms with Crippen molar-refractivity contribution in [2.75, 3.05) is 12.8 Å². The molecular weight excluding hydrogens is 461 g/mol. The number of alkyl halides is 2. The Morgan fingerprint density at radius 3 is 2.38 bits per heavy atom. The van der Waals surface area contributed by atoms with Crippen LogP contribution in [0.1, 0.15) is 18.1 Å². The van der Waals surface area contributed by atoms with Crippen molar-refractivity contribution in [3.63, 3.8) is 0 Å². The van der Waals surface area contributed by atoms with Crippen molar-refractivity contribution in [2.45, 2.75) is 25.1 Å². The largest absolute Gasteiger partial charge is 0.399 e. The maximum Gasteiger partial charge on any atom is 0.399 e. The Labute approximate surface area is 157 Å². The smallest absolute Gasteiger partial charge is 0.358 e. The lowest BCUT2D eigenvalue weighted by Gasteiger charge is -2.21. The van der Waals surface area contributed by atoms with E-state index in [0.29, 0.717) is 5.56 Å². The number of amides is 1. The molecule has 148 valence electrons. The molecule has 0 aromatic heterocycles. The Kier molecular flexibility index (Phi) is 7.48. The monoisotopic (exact) mass is 478 g/mol. The first kappa shape index (κ1) is 23.1. The van der Waals surface area contributed by atoms with Crippen LogP contribution in [0.2, 0.25) is 0 Å².